The number of likely N-dealkylation sites (tertiary alicyclic amines) is 2. The molecule has 2 aromatic heterocycles. The van der Waals surface area contributed by atoms with Gasteiger partial charge in [0, 0.05) is 38.6 Å². The highest BCUT2D eigenvalue weighted by molar-refractivity contribution is 9.10. The minimum Gasteiger partial charge on any atom is -0.444 e. The first-order valence-electron chi connectivity index (χ1n) is 14.6. The zero-order valence-corrected chi connectivity index (χ0v) is 27.5. The summed E-state index contributed by atoms with van der Waals surface area (Å²) < 4.78 is 11.6. The summed E-state index contributed by atoms with van der Waals surface area (Å²) in [6, 6.07) is 11.4. The van der Waals surface area contributed by atoms with Gasteiger partial charge < -0.3 is 19.3 Å². The van der Waals surface area contributed by atoms with Crippen LogP contribution in [0.2, 0.25) is 0 Å². The van der Waals surface area contributed by atoms with E-state index in [9.17, 15) is 9.59 Å². The van der Waals surface area contributed by atoms with Crippen molar-refractivity contribution in [2.75, 3.05) is 26.2 Å². The van der Waals surface area contributed by atoms with Crippen LogP contribution in [0.5, 0.6) is 0 Å². The molecule has 2 amide bonds. The van der Waals surface area contributed by atoms with E-state index in [1.54, 1.807) is 22.2 Å². The second kappa shape index (κ2) is 14.7. The van der Waals surface area contributed by atoms with Gasteiger partial charge >= 0.3 is 12.2 Å². The highest BCUT2D eigenvalue weighted by Gasteiger charge is 2.61. The summed E-state index contributed by atoms with van der Waals surface area (Å²) in [5, 5.41) is 0. The maximum absolute atomic E-state index is 12.1. The van der Waals surface area contributed by atoms with Gasteiger partial charge in [-0.1, -0.05) is 38.8 Å². The predicted molar refractivity (Wildman–Crippen MR) is 182 cm³/mol. The number of carbonyl (C=O) groups is 2. The molecule has 2 aliphatic carbocycles. The van der Waals surface area contributed by atoms with Gasteiger partial charge in [0.25, 0.3) is 0 Å². The quantitative estimate of drug-likeness (QED) is 0.210. The molecule has 0 bridgehead atoms. The Morgan fingerprint density at radius 3 is 1.73 bits per heavy atom. The number of carbonyl (C=O) groups excluding carboxylic acids is 2. The lowest BCUT2D eigenvalue weighted by molar-refractivity contribution is 0.0258. The van der Waals surface area contributed by atoms with Crippen molar-refractivity contribution >= 4 is 28.1 Å². The average Bonchev–Trinajstić information content (AvgIpc) is 3.72. The van der Waals surface area contributed by atoms with Gasteiger partial charge in [0.15, 0.2) is 0 Å². The summed E-state index contributed by atoms with van der Waals surface area (Å²) >= 11 is 3.20. The molecule has 4 aliphatic rings. The number of halogens is 1. The maximum atomic E-state index is 12.1. The summed E-state index contributed by atoms with van der Waals surface area (Å²) in [6.45, 7) is 14.1. The summed E-state index contributed by atoms with van der Waals surface area (Å²) in [6.07, 6.45) is 10.6. The Balaban J connectivity index is 0.000000257. The van der Waals surface area contributed by atoms with Gasteiger partial charge in [0.2, 0.25) is 0 Å². The molecule has 0 N–H and O–H groups in total. The number of hydrogen-bond acceptors (Lipinski definition) is 6. The van der Waals surface area contributed by atoms with Gasteiger partial charge in [0.05, 0.1) is 10.8 Å². The molecule has 244 valence electrons. The fourth-order valence-electron chi connectivity index (χ4n) is 5.28. The number of rotatable bonds is 0. The number of fused-ring (bicyclic) bond motifs is 2. The molecule has 8 nitrogen and oxygen atoms in total. The molecule has 2 saturated heterocycles. The van der Waals surface area contributed by atoms with E-state index in [1.807, 2.05) is 77.9 Å². The van der Waals surface area contributed by atoms with Gasteiger partial charge in [-0.15, -0.1) is 6.42 Å². The van der Waals surface area contributed by atoms with Crippen molar-refractivity contribution in [1.29, 1.82) is 0 Å². The Kier molecular flexibility index (Phi) is 12.3. The first kappa shape index (κ1) is 37.6. The van der Waals surface area contributed by atoms with Crippen LogP contribution in [0.3, 0.4) is 0 Å². The highest BCUT2D eigenvalue weighted by Crippen LogP contribution is 2.58. The zero-order chi connectivity index (χ0) is 31.5. The first-order valence-corrected chi connectivity index (χ1v) is 15.4. The third kappa shape index (κ3) is 10.5. The largest absolute Gasteiger partial charge is 0.444 e. The minimum absolute atomic E-state index is 0. The third-order valence-electron chi connectivity index (χ3n) is 7.62. The molecular weight excluding hydrogens is 632 g/mol. The molecule has 0 spiro atoms. The summed E-state index contributed by atoms with van der Waals surface area (Å²) in [7, 11) is 0. The second-order valence-electron chi connectivity index (χ2n) is 13.6. The molecule has 0 aromatic carbocycles. The van der Waals surface area contributed by atoms with Gasteiger partial charge in [-0.3, -0.25) is 0 Å². The Morgan fingerprint density at radius 2 is 1.33 bits per heavy atom. The number of pyridine rings is 2. The van der Waals surface area contributed by atoms with Crippen molar-refractivity contribution in [1.82, 2.24) is 19.8 Å². The van der Waals surface area contributed by atoms with Gasteiger partial charge in [0.1, 0.15) is 21.5 Å². The van der Waals surface area contributed by atoms with Crippen LogP contribution in [-0.4, -0.2) is 69.3 Å². The second-order valence-corrected chi connectivity index (χ2v) is 14.4. The molecular formula is C36H49BrN4O4. The van der Waals surface area contributed by atoms with Crippen molar-refractivity contribution < 1.29 is 19.1 Å². The van der Waals surface area contributed by atoms with Crippen LogP contribution in [0.1, 0.15) is 74.9 Å². The van der Waals surface area contributed by atoms with Crippen LogP contribution < -0.4 is 0 Å². The standard InChI is InChI=1S/C17H20N2O2.C12H17NO2.C5H4BrN.2CH4/c1-16(2,3)21-15(20)19-11-13-10-17(13,12-19)8-7-14-6-4-5-9-18-14;1-5-12-6-9(12)7-13(8-12)10(14)15-11(2,3)4;6-5-3-1-2-4-7-5;;/h4-6,9,13H,10-12H2,1-3H3;1,9H,6-8H2,2-4H3;1-4H;2*1H4. The molecule has 6 rings (SSSR count). The molecule has 4 atom stereocenters. The lowest BCUT2D eigenvalue weighted by atomic mass is 10.1. The normalized spacial score (nSPS) is 24.8. The number of amides is 2. The number of hydrogen-bond donors (Lipinski definition) is 0. The van der Waals surface area contributed by atoms with E-state index in [0.717, 1.165) is 36.2 Å². The number of nitrogens with zero attached hydrogens (tertiary/aromatic N) is 4. The maximum Gasteiger partial charge on any atom is 0.410 e. The number of aromatic nitrogens is 2. The summed E-state index contributed by atoms with van der Waals surface area (Å²) in [4.78, 5) is 35.4. The van der Waals surface area contributed by atoms with Gasteiger partial charge in [-0.25, -0.2) is 19.6 Å². The molecule has 9 heteroatoms. The van der Waals surface area contributed by atoms with Crippen LogP contribution in [-0.2, 0) is 9.47 Å². The van der Waals surface area contributed by atoms with Crippen molar-refractivity contribution in [2.24, 2.45) is 22.7 Å². The number of terminal acetylenes is 1. The summed E-state index contributed by atoms with van der Waals surface area (Å²) in [5.74, 6) is 10.3. The lowest BCUT2D eigenvalue weighted by Crippen LogP contribution is -2.37. The average molecular weight is 682 g/mol. The van der Waals surface area contributed by atoms with Crippen LogP contribution in [0.4, 0.5) is 9.59 Å². The number of piperidine rings is 2. The van der Waals surface area contributed by atoms with Gasteiger partial charge in [-0.2, -0.15) is 0 Å². The summed E-state index contributed by atoms with van der Waals surface area (Å²) in [5.41, 5.74) is -0.136. The van der Waals surface area contributed by atoms with Crippen LogP contribution in [0, 0.1) is 46.9 Å². The van der Waals surface area contributed by atoms with Crippen molar-refractivity contribution in [3.05, 3.63) is 59.1 Å². The van der Waals surface area contributed by atoms with E-state index in [1.165, 1.54) is 0 Å². The molecule has 4 unspecified atom stereocenters. The van der Waals surface area contributed by atoms with Crippen LogP contribution in [0.15, 0.2) is 53.4 Å². The monoisotopic (exact) mass is 680 g/mol. The fourth-order valence-corrected chi connectivity index (χ4v) is 5.55. The van der Waals surface area contributed by atoms with Crippen LogP contribution in [0.25, 0.3) is 0 Å². The SMILES string of the molecule is Brc1ccccn1.C.C.C#CC12CC1CN(C(=O)OC(C)(C)C)C2.CC(C)(C)OC(=O)N1CC2CC2(C#Cc2ccccn2)C1. The Hall–Kier alpha value is -3.56. The Labute approximate surface area is 278 Å². The molecule has 2 saturated carbocycles. The van der Waals surface area contributed by atoms with Crippen molar-refractivity contribution in [2.45, 2.75) is 80.4 Å². The van der Waals surface area contributed by atoms with E-state index in [2.05, 4.69) is 43.7 Å². The zero-order valence-electron chi connectivity index (χ0n) is 25.9. The third-order valence-corrected chi connectivity index (χ3v) is 8.08. The molecule has 0 radical (unpaired) electrons. The Bertz CT molecular complexity index is 1400. The molecule has 45 heavy (non-hydrogen) atoms. The van der Waals surface area contributed by atoms with E-state index < -0.39 is 11.2 Å². The smallest absolute Gasteiger partial charge is 0.410 e. The molecule has 2 aromatic rings. The van der Waals surface area contributed by atoms with Crippen LogP contribution >= 0.6 is 15.9 Å². The van der Waals surface area contributed by atoms with Gasteiger partial charge in [-0.05, 0) is 112 Å². The van der Waals surface area contributed by atoms with E-state index in [-0.39, 0.29) is 37.9 Å². The van der Waals surface area contributed by atoms with Crippen molar-refractivity contribution in [3.8, 4) is 24.2 Å². The van der Waals surface area contributed by atoms with Crippen molar-refractivity contribution in [3.63, 3.8) is 0 Å². The first-order chi connectivity index (χ1) is 20.1. The Morgan fingerprint density at radius 1 is 0.844 bits per heavy atom. The fraction of sp³-hybridized carbons (Fsp3) is 0.556. The molecule has 2 aliphatic heterocycles. The van der Waals surface area contributed by atoms with E-state index in [0.29, 0.717) is 24.9 Å². The molecule has 4 heterocycles. The molecule has 4 fully saturated rings. The number of ether oxygens (including phenoxy) is 2. The lowest BCUT2D eigenvalue weighted by Gasteiger charge is -2.25. The highest BCUT2D eigenvalue weighted by atomic mass is 79.9. The van der Waals surface area contributed by atoms with E-state index in [4.69, 9.17) is 15.9 Å². The topological polar surface area (TPSA) is 84.9 Å². The van der Waals surface area contributed by atoms with E-state index >= 15 is 0 Å². The predicted octanol–water partition coefficient (Wildman–Crippen LogP) is 7.68. The minimum atomic E-state index is -0.448.